The zero-order valence-corrected chi connectivity index (χ0v) is 15.7. The molecule has 0 bridgehead atoms. The van der Waals surface area contributed by atoms with Gasteiger partial charge in [0.05, 0.1) is 12.6 Å². The zero-order chi connectivity index (χ0) is 19.3. The van der Waals surface area contributed by atoms with Gasteiger partial charge in [-0.2, -0.15) is 5.10 Å². The number of urea groups is 1. The Hall–Kier alpha value is -3.03. The fourth-order valence-electron chi connectivity index (χ4n) is 4.40. The monoisotopic (exact) mass is 381 g/mol. The van der Waals surface area contributed by atoms with E-state index in [2.05, 4.69) is 15.5 Å². The van der Waals surface area contributed by atoms with Crippen LogP contribution >= 0.6 is 0 Å². The van der Waals surface area contributed by atoms with Crippen molar-refractivity contribution in [2.24, 2.45) is 18.9 Å². The molecule has 2 fully saturated rings. The molecule has 5 rings (SSSR count). The molecule has 8 heteroatoms. The van der Waals surface area contributed by atoms with E-state index in [1.165, 1.54) is 17.4 Å². The molecule has 1 aromatic carbocycles. The maximum absolute atomic E-state index is 13.0. The predicted molar refractivity (Wildman–Crippen MR) is 103 cm³/mol. The molecule has 1 aliphatic carbocycles. The van der Waals surface area contributed by atoms with E-state index in [1.807, 2.05) is 35.2 Å². The maximum atomic E-state index is 13.0. The van der Waals surface area contributed by atoms with Crippen molar-refractivity contribution in [1.29, 1.82) is 0 Å². The molecule has 1 saturated heterocycles. The number of amides is 2. The van der Waals surface area contributed by atoms with Crippen LogP contribution in [0.1, 0.15) is 36.9 Å². The van der Waals surface area contributed by atoms with Crippen molar-refractivity contribution < 1.29 is 9.21 Å². The second-order valence-electron chi connectivity index (χ2n) is 7.78. The number of aromatic amines is 1. The van der Waals surface area contributed by atoms with Gasteiger partial charge in [0.2, 0.25) is 0 Å². The summed E-state index contributed by atoms with van der Waals surface area (Å²) >= 11 is 0. The fraction of sp³-hybridized carbons (Fsp3) is 0.450. The van der Waals surface area contributed by atoms with Crippen molar-refractivity contribution in [1.82, 2.24) is 25.0 Å². The molecule has 2 N–H and O–H groups in total. The van der Waals surface area contributed by atoms with Crippen LogP contribution in [0.25, 0.3) is 11.0 Å². The van der Waals surface area contributed by atoms with Crippen LogP contribution in [0.15, 0.2) is 39.5 Å². The molecule has 28 heavy (non-hydrogen) atoms. The van der Waals surface area contributed by atoms with Crippen LogP contribution in [-0.4, -0.2) is 32.2 Å². The summed E-state index contributed by atoms with van der Waals surface area (Å²) in [5.41, 5.74) is 0.560. The van der Waals surface area contributed by atoms with E-state index in [0.29, 0.717) is 30.7 Å². The molecule has 2 amide bonds. The van der Waals surface area contributed by atoms with Crippen molar-refractivity contribution in [3.8, 4) is 0 Å². The Labute approximate surface area is 161 Å². The van der Waals surface area contributed by atoms with Crippen LogP contribution < -0.4 is 11.0 Å². The average Bonchev–Trinajstić information content (AvgIpc) is 3.17. The Morgan fingerprint density at radius 2 is 2.14 bits per heavy atom. The number of hydrogen-bond acceptors (Lipinski definition) is 4. The SMILES string of the molecule is Cn1c(C2C(C3CC3)CCN2C(=O)NCc2cc3ccccc3o2)n[nH]c1=O. The minimum Gasteiger partial charge on any atom is -0.459 e. The number of carbonyl (C=O) groups excluding carboxylic acids is 1. The first-order valence-electron chi connectivity index (χ1n) is 9.75. The molecule has 3 heterocycles. The van der Waals surface area contributed by atoms with Crippen LogP contribution in [0.5, 0.6) is 0 Å². The van der Waals surface area contributed by atoms with Gasteiger partial charge in [-0.15, -0.1) is 0 Å². The van der Waals surface area contributed by atoms with Crippen molar-refractivity contribution in [3.63, 3.8) is 0 Å². The summed E-state index contributed by atoms with van der Waals surface area (Å²) in [5, 5.41) is 10.7. The summed E-state index contributed by atoms with van der Waals surface area (Å²) < 4.78 is 7.31. The van der Waals surface area contributed by atoms with E-state index >= 15 is 0 Å². The highest BCUT2D eigenvalue weighted by Gasteiger charge is 2.47. The van der Waals surface area contributed by atoms with Crippen molar-refractivity contribution in [2.75, 3.05) is 6.54 Å². The Kier molecular flexibility index (Phi) is 3.99. The highest BCUT2D eigenvalue weighted by Crippen LogP contribution is 2.49. The van der Waals surface area contributed by atoms with Gasteiger partial charge in [0.15, 0.2) is 5.82 Å². The van der Waals surface area contributed by atoms with Gasteiger partial charge in [-0.05, 0) is 43.2 Å². The Morgan fingerprint density at radius 1 is 1.32 bits per heavy atom. The number of furan rings is 1. The van der Waals surface area contributed by atoms with Gasteiger partial charge in [0, 0.05) is 19.0 Å². The summed E-state index contributed by atoms with van der Waals surface area (Å²) in [6.07, 6.45) is 3.32. The largest absolute Gasteiger partial charge is 0.459 e. The number of aromatic nitrogens is 3. The quantitative estimate of drug-likeness (QED) is 0.726. The Balaban J connectivity index is 1.35. The molecule has 0 radical (unpaired) electrons. The second-order valence-corrected chi connectivity index (χ2v) is 7.78. The topological polar surface area (TPSA) is 96.2 Å². The van der Waals surface area contributed by atoms with Crippen LogP contribution in [-0.2, 0) is 13.6 Å². The number of carbonyl (C=O) groups is 1. The number of nitrogens with zero attached hydrogens (tertiary/aromatic N) is 3. The number of rotatable bonds is 4. The molecule has 8 nitrogen and oxygen atoms in total. The number of nitrogens with one attached hydrogen (secondary N) is 2. The number of H-pyrrole nitrogens is 1. The third-order valence-corrected chi connectivity index (χ3v) is 6.00. The van der Waals surface area contributed by atoms with Crippen LogP contribution in [0.2, 0.25) is 0 Å². The van der Waals surface area contributed by atoms with E-state index in [4.69, 9.17) is 4.42 Å². The molecule has 0 spiro atoms. The third-order valence-electron chi connectivity index (χ3n) is 6.00. The first-order chi connectivity index (χ1) is 13.6. The van der Waals surface area contributed by atoms with E-state index in [-0.39, 0.29) is 17.8 Å². The number of hydrogen-bond donors (Lipinski definition) is 2. The lowest BCUT2D eigenvalue weighted by atomic mass is 9.94. The maximum Gasteiger partial charge on any atom is 0.343 e. The average molecular weight is 381 g/mol. The molecule has 2 unspecified atom stereocenters. The summed E-state index contributed by atoms with van der Waals surface area (Å²) in [6.45, 7) is 0.989. The second kappa shape index (κ2) is 6.54. The van der Waals surface area contributed by atoms with Crippen LogP contribution in [0, 0.1) is 11.8 Å². The molecule has 2 atom stereocenters. The molecular formula is C20H23N5O3. The minimum absolute atomic E-state index is 0.149. The molecule has 2 aromatic heterocycles. The van der Waals surface area contributed by atoms with Gasteiger partial charge in [-0.3, -0.25) is 4.57 Å². The van der Waals surface area contributed by atoms with Crippen LogP contribution in [0.4, 0.5) is 4.79 Å². The van der Waals surface area contributed by atoms with E-state index in [9.17, 15) is 9.59 Å². The van der Waals surface area contributed by atoms with Gasteiger partial charge in [-0.1, -0.05) is 18.2 Å². The normalized spacial score (nSPS) is 22.1. The number of likely N-dealkylation sites (tertiary alicyclic amines) is 1. The summed E-state index contributed by atoms with van der Waals surface area (Å²) in [6, 6.07) is 9.41. The summed E-state index contributed by atoms with van der Waals surface area (Å²) in [5.74, 6) is 2.32. The first-order valence-corrected chi connectivity index (χ1v) is 9.75. The van der Waals surface area contributed by atoms with E-state index in [1.54, 1.807) is 7.05 Å². The minimum atomic E-state index is -0.251. The predicted octanol–water partition coefficient (Wildman–Crippen LogP) is 2.54. The van der Waals surface area contributed by atoms with Gasteiger partial charge >= 0.3 is 11.7 Å². The lowest BCUT2D eigenvalue weighted by molar-refractivity contribution is 0.177. The van der Waals surface area contributed by atoms with Crippen molar-refractivity contribution >= 4 is 17.0 Å². The van der Waals surface area contributed by atoms with Gasteiger partial charge < -0.3 is 14.6 Å². The first kappa shape index (κ1) is 17.1. The molecule has 1 aliphatic heterocycles. The fourth-order valence-corrected chi connectivity index (χ4v) is 4.40. The van der Waals surface area contributed by atoms with E-state index < -0.39 is 0 Å². The molecule has 3 aromatic rings. The number of para-hydroxylation sites is 1. The molecular weight excluding hydrogens is 358 g/mol. The number of benzene rings is 1. The molecule has 146 valence electrons. The van der Waals surface area contributed by atoms with Crippen LogP contribution in [0.3, 0.4) is 0 Å². The highest BCUT2D eigenvalue weighted by molar-refractivity contribution is 5.78. The highest BCUT2D eigenvalue weighted by atomic mass is 16.3. The van der Waals surface area contributed by atoms with Crippen molar-refractivity contribution in [3.05, 3.63) is 52.4 Å². The third kappa shape index (κ3) is 2.89. The van der Waals surface area contributed by atoms with Gasteiger partial charge in [0.1, 0.15) is 11.3 Å². The number of fused-ring (bicyclic) bond motifs is 1. The van der Waals surface area contributed by atoms with Crippen molar-refractivity contribution in [2.45, 2.75) is 31.8 Å². The zero-order valence-electron chi connectivity index (χ0n) is 15.7. The Bertz CT molecular complexity index is 1040. The smallest absolute Gasteiger partial charge is 0.343 e. The van der Waals surface area contributed by atoms with Gasteiger partial charge in [0.25, 0.3) is 0 Å². The molecule has 1 saturated carbocycles. The standard InChI is InChI=1S/C20H23N5O3/c1-24-18(22-23-20(24)27)17-15(12-6-7-12)8-9-25(17)19(26)21-11-14-10-13-4-2-3-5-16(13)28-14/h2-5,10,12,15,17H,6-9,11H2,1H3,(H,21,26)(H,23,27). The summed E-state index contributed by atoms with van der Waals surface area (Å²) in [4.78, 5) is 26.7. The molecule has 2 aliphatic rings. The van der Waals surface area contributed by atoms with E-state index in [0.717, 1.165) is 23.2 Å². The Morgan fingerprint density at radius 3 is 2.86 bits per heavy atom. The van der Waals surface area contributed by atoms with Gasteiger partial charge in [-0.25, -0.2) is 14.7 Å². The lowest BCUT2D eigenvalue weighted by Gasteiger charge is -2.27. The lowest BCUT2D eigenvalue weighted by Crippen LogP contribution is -2.41. The summed E-state index contributed by atoms with van der Waals surface area (Å²) in [7, 11) is 1.70.